The van der Waals surface area contributed by atoms with E-state index in [0.29, 0.717) is 5.41 Å². The Kier molecular flexibility index (Phi) is 3.61. The first-order chi connectivity index (χ1) is 7.70. The van der Waals surface area contributed by atoms with E-state index in [1.807, 2.05) is 17.9 Å². The summed E-state index contributed by atoms with van der Waals surface area (Å²) in [6.07, 6.45) is 4.16. The monoisotopic (exact) mass is 223 g/mol. The minimum atomic E-state index is 0.400. The van der Waals surface area contributed by atoms with Crippen LogP contribution in [0, 0.1) is 5.41 Å². The first-order valence-electron chi connectivity index (χ1n) is 5.95. The van der Waals surface area contributed by atoms with Gasteiger partial charge in [0.2, 0.25) is 0 Å². The molecule has 0 unspecified atom stereocenters. The zero-order valence-corrected chi connectivity index (χ0v) is 10.2. The van der Waals surface area contributed by atoms with Crippen molar-refractivity contribution in [1.82, 2.24) is 15.1 Å². The van der Waals surface area contributed by atoms with E-state index in [1.165, 1.54) is 5.69 Å². The standard InChI is InChI=1S/C12H21N3O/c1-12(4-7-16-8-5-12)10-13-9-11-3-6-14-15(11)2/h3,6,13H,4-5,7-10H2,1-2H3. The van der Waals surface area contributed by atoms with E-state index in [4.69, 9.17) is 4.74 Å². The van der Waals surface area contributed by atoms with Crippen molar-refractivity contribution >= 4 is 0 Å². The molecular formula is C12H21N3O. The Balaban J connectivity index is 1.77. The third kappa shape index (κ3) is 2.83. The summed E-state index contributed by atoms with van der Waals surface area (Å²) in [5.41, 5.74) is 1.63. The zero-order chi connectivity index (χ0) is 11.4. The lowest BCUT2D eigenvalue weighted by atomic mass is 9.82. The average molecular weight is 223 g/mol. The fourth-order valence-corrected chi connectivity index (χ4v) is 2.11. The van der Waals surface area contributed by atoms with E-state index in [1.54, 1.807) is 0 Å². The van der Waals surface area contributed by atoms with Crippen molar-refractivity contribution in [2.75, 3.05) is 19.8 Å². The van der Waals surface area contributed by atoms with Gasteiger partial charge in [-0.25, -0.2) is 0 Å². The second kappa shape index (κ2) is 4.97. The van der Waals surface area contributed by atoms with Crippen LogP contribution in [-0.2, 0) is 18.3 Å². The highest BCUT2D eigenvalue weighted by Gasteiger charge is 2.26. The zero-order valence-electron chi connectivity index (χ0n) is 10.2. The number of aromatic nitrogens is 2. The molecule has 0 aromatic carbocycles. The molecule has 0 saturated carbocycles. The van der Waals surface area contributed by atoms with Gasteiger partial charge in [0.1, 0.15) is 0 Å². The van der Waals surface area contributed by atoms with Gasteiger partial charge in [-0.15, -0.1) is 0 Å². The summed E-state index contributed by atoms with van der Waals surface area (Å²) in [5, 5.41) is 7.68. The molecule has 0 radical (unpaired) electrons. The van der Waals surface area contributed by atoms with Crippen LogP contribution in [0.4, 0.5) is 0 Å². The Morgan fingerprint density at radius 3 is 2.88 bits per heavy atom. The molecule has 90 valence electrons. The summed E-state index contributed by atoms with van der Waals surface area (Å²) >= 11 is 0. The van der Waals surface area contributed by atoms with Gasteiger partial charge in [0.15, 0.2) is 0 Å². The second-order valence-corrected chi connectivity index (χ2v) is 4.97. The Hall–Kier alpha value is -0.870. The third-order valence-electron chi connectivity index (χ3n) is 3.48. The maximum Gasteiger partial charge on any atom is 0.0518 e. The van der Waals surface area contributed by atoms with Crippen molar-refractivity contribution < 1.29 is 4.74 Å². The summed E-state index contributed by atoms with van der Waals surface area (Å²) in [6, 6.07) is 2.05. The fourth-order valence-electron chi connectivity index (χ4n) is 2.11. The summed E-state index contributed by atoms with van der Waals surface area (Å²) in [4.78, 5) is 0. The van der Waals surface area contributed by atoms with E-state index < -0.39 is 0 Å². The molecule has 2 rings (SSSR count). The molecule has 1 aromatic heterocycles. The smallest absolute Gasteiger partial charge is 0.0518 e. The molecule has 0 bridgehead atoms. The van der Waals surface area contributed by atoms with Crippen LogP contribution in [0.25, 0.3) is 0 Å². The van der Waals surface area contributed by atoms with Crippen LogP contribution in [0.3, 0.4) is 0 Å². The lowest BCUT2D eigenvalue weighted by molar-refractivity contribution is 0.0239. The van der Waals surface area contributed by atoms with Crippen LogP contribution < -0.4 is 5.32 Å². The maximum atomic E-state index is 5.39. The molecule has 1 saturated heterocycles. The topological polar surface area (TPSA) is 39.1 Å². The fraction of sp³-hybridized carbons (Fsp3) is 0.750. The molecule has 0 spiro atoms. The second-order valence-electron chi connectivity index (χ2n) is 4.97. The van der Waals surface area contributed by atoms with Crippen molar-refractivity contribution in [3.63, 3.8) is 0 Å². The van der Waals surface area contributed by atoms with E-state index in [9.17, 15) is 0 Å². The van der Waals surface area contributed by atoms with Gasteiger partial charge in [0.25, 0.3) is 0 Å². The normalized spacial score (nSPS) is 19.9. The molecule has 1 N–H and O–H groups in total. The Morgan fingerprint density at radius 2 is 2.25 bits per heavy atom. The van der Waals surface area contributed by atoms with E-state index in [-0.39, 0.29) is 0 Å². The SMILES string of the molecule is Cn1nccc1CNCC1(C)CCOCC1. The number of hydrogen-bond acceptors (Lipinski definition) is 3. The van der Waals surface area contributed by atoms with Gasteiger partial charge in [-0.1, -0.05) is 6.92 Å². The van der Waals surface area contributed by atoms with Crippen molar-refractivity contribution in [2.24, 2.45) is 12.5 Å². The molecule has 1 aliphatic rings. The molecule has 4 nitrogen and oxygen atoms in total. The minimum absolute atomic E-state index is 0.400. The first-order valence-corrected chi connectivity index (χ1v) is 5.95. The van der Waals surface area contributed by atoms with Gasteiger partial charge < -0.3 is 10.1 Å². The van der Waals surface area contributed by atoms with Gasteiger partial charge >= 0.3 is 0 Å². The van der Waals surface area contributed by atoms with E-state index >= 15 is 0 Å². The molecule has 1 aliphatic heterocycles. The van der Waals surface area contributed by atoms with Crippen molar-refractivity contribution in [2.45, 2.75) is 26.3 Å². The van der Waals surface area contributed by atoms with E-state index in [0.717, 1.165) is 39.1 Å². The van der Waals surface area contributed by atoms with Gasteiger partial charge in [-0.2, -0.15) is 5.10 Å². The highest BCUT2D eigenvalue weighted by molar-refractivity contribution is 4.99. The average Bonchev–Trinajstić information content (AvgIpc) is 2.65. The van der Waals surface area contributed by atoms with Crippen LogP contribution in [0.15, 0.2) is 12.3 Å². The van der Waals surface area contributed by atoms with Crippen molar-refractivity contribution in [3.05, 3.63) is 18.0 Å². The molecule has 0 aliphatic carbocycles. The number of rotatable bonds is 4. The Morgan fingerprint density at radius 1 is 1.50 bits per heavy atom. The van der Waals surface area contributed by atoms with Gasteiger partial charge in [-0.3, -0.25) is 4.68 Å². The van der Waals surface area contributed by atoms with Crippen LogP contribution in [-0.4, -0.2) is 29.5 Å². The number of ether oxygens (including phenoxy) is 1. The van der Waals surface area contributed by atoms with Crippen LogP contribution in [0.1, 0.15) is 25.5 Å². The van der Waals surface area contributed by atoms with E-state index in [2.05, 4.69) is 23.4 Å². The third-order valence-corrected chi connectivity index (χ3v) is 3.48. The van der Waals surface area contributed by atoms with Gasteiger partial charge in [-0.05, 0) is 24.3 Å². The number of nitrogens with zero attached hydrogens (tertiary/aromatic N) is 2. The summed E-state index contributed by atoms with van der Waals surface area (Å²) in [7, 11) is 1.98. The lowest BCUT2D eigenvalue weighted by Gasteiger charge is -2.33. The molecule has 0 amide bonds. The molecular weight excluding hydrogens is 202 g/mol. The minimum Gasteiger partial charge on any atom is -0.381 e. The Bertz CT molecular complexity index is 329. The van der Waals surface area contributed by atoms with Crippen LogP contribution >= 0.6 is 0 Å². The maximum absolute atomic E-state index is 5.39. The molecule has 2 heterocycles. The molecule has 0 atom stereocenters. The highest BCUT2D eigenvalue weighted by Crippen LogP contribution is 2.28. The Labute approximate surface area is 97.0 Å². The number of aryl methyl sites for hydroxylation is 1. The van der Waals surface area contributed by atoms with Crippen molar-refractivity contribution in [3.8, 4) is 0 Å². The van der Waals surface area contributed by atoms with Gasteiger partial charge in [0.05, 0.1) is 5.69 Å². The molecule has 1 fully saturated rings. The molecule has 16 heavy (non-hydrogen) atoms. The number of nitrogens with one attached hydrogen (secondary N) is 1. The quantitative estimate of drug-likeness (QED) is 0.837. The first kappa shape index (κ1) is 11.6. The van der Waals surface area contributed by atoms with Gasteiger partial charge in [0, 0.05) is 39.5 Å². The van der Waals surface area contributed by atoms with Crippen LogP contribution in [0.5, 0.6) is 0 Å². The summed E-state index contributed by atoms with van der Waals surface area (Å²) in [5.74, 6) is 0. The lowest BCUT2D eigenvalue weighted by Crippen LogP contribution is -2.36. The van der Waals surface area contributed by atoms with Crippen LogP contribution in [0.2, 0.25) is 0 Å². The van der Waals surface area contributed by atoms with Crippen molar-refractivity contribution in [1.29, 1.82) is 0 Å². The largest absolute Gasteiger partial charge is 0.381 e. The summed E-state index contributed by atoms with van der Waals surface area (Å²) < 4.78 is 7.31. The predicted octanol–water partition coefficient (Wildman–Crippen LogP) is 1.33. The predicted molar refractivity (Wildman–Crippen MR) is 63.1 cm³/mol. The molecule has 1 aromatic rings. The highest BCUT2D eigenvalue weighted by atomic mass is 16.5. The summed E-state index contributed by atoms with van der Waals surface area (Å²) in [6.45, 7) is 6.11. The molecule has 4 heteroatoms. The number of hydrogen-bond donors (Lipinski definition) is 1.